The van der Waals surface area contributed by atoms with E-state index in [2.05, 4.69) is 15.2 Å². The molecule has 2 fully saturated rings. The molecule has 4 rings (SSSR count). The summed E-state index contributed by atoms with van der Waals surface area (Å²) >= 11 is 7.17. The molecule has 2 aliphatic rings. The van der Waals surface area contributed by atoms with Gasteiger partial charge in [-0.05, 0) is 54.9 Å². The second-order valence-electron chi connectivity index (χ2n) is 5.83. The Hall–Kier alpha value is -1.89. The summed E-state index contributed by atoms with van der Waals surface area (Å²) in [5, 5.41) is 3.97. The van der Waals surface area contributed by atoms with Gasteiger partial charge in [0.05, 0.1) is 10.6 Å². The molecule has 8 heteroatoms. The van der Waals surface area contributed by atoms with Crippen molar-refractivity contribution < 1.29 is 9.21 Å². The minimum Gasteiger partial charge on any atom is -0.441 e. The lowest BCUT2D eigenvalue weighted by Gasteiger charge is -2.12. The molecule has 0 bridgehead atoms. The number of furan rings is 1. The highest BCUT2D eigenvalue weighted by molar-refractivity contribution is 8.18. The van der Waals surface area contributed by atoms with E-state index in [1.54, 1.807) is 30.3 Å². The average molecular weight is 410 g/mol. The Morgan fingerprint density at radius 3 is 2.62 bits per heavy atom. The van der Waals surface area contributed by atoms with Crippen LogP contribution in [0.15, 0.2) is 50.7 Å². The molecule has 0 saturated carbocycles. The first-order valence-corrected chi connectivity index (χ1v) is 9.27. The lowest BCUT2D eigenvalue weighted by molar-refractivity contribution is -0.115. The summed E-state index contributed by atoms with van der Waals surface area (Å²) in [6, 6.07) is 11.0. The van der Waals surface area contributed by atoms with E-state index in [1.807, 2.05) is 12.1 Å². The first-order chi connectivity index (χ1) is 12.2. The summed E-state index contributed by atoms with van der Waals surface area (Å²) in [6.45, 7) is 2.05. The Labute approximate surface area is 166 Å². The van der Waals surface area contributed by atoms with Gasteiger partial charge in [-0.25, -0.2) is 4.99 Å². The van der Waals surface area contributed by atoms with Crippen LogP contribution in [0.4, 0.5) is 11.6 Å². The lowest BCUT2D eigenvalue weighted by atomic mass is 10.3. The lowest BCUT2D eigenvalue weighted by Crippen LogP contribution is -2.19. The number of hydrogen-bond donors (Lipinski definition) is 1. The first kappa shape index (κ1) is 18.9. The van der Waals surface area contributed by atoms with Crippen LogP contribution in [-0.4, -0.2) is 24.2 Å². The molecule has 0 spiro atoms. The summed E-state index contributed by atoms with van der Waals surface area (Å²) in [5.74, 6) is 1.37. The summed E-state index contributed by atoms with van der Waals surface area (Å²) in [7, 11) is 0. The zero-order valence-corrected chi connectivity index (χ0v) is 16.2. The van der Waals surface area contributed by atoms with Crippen LogP contribution < -0.4 is 10.2 Å². The van der Waals surface area contributed by atoms with Gasteiger partial charge in [0.1, 0.15) is 5.76 Å². The zero-order chi connectivity index (χ0) is 17.2. The second-order valence-corrected chi connectivity index (χ2v) is 7.30. The van der Waals surface area contributed by atoms with Gasteiger partial charge in [-0.1, -0.05) is 11.6 Å². The zero-order valence-electron chi connectivity index (χ0n) is 13.8. The average Bonchev–Trinajstić information content (AvgIpc) is 3.32. The van der Waals surface area contributed by atoms with Crippen LogP contribution in [0, 0.1) is 0 Å². The Balaban J connectivity index is 0.00000196. The maximum atomic E-state index is 12.1. The van der Waals surface area contributed by atoms with E-state index >= 15 is 0 Å². The summed E-state index contributed by atoms with van der Waals surface area (Å²) in [5.41, 5.74) is 0.739. The van der Waals surface area contributed by atoms with E-state index in [0.717, 1.165) is 24.7 Å². The highest BCUT2D eigenvalue weighted by Gasteiger charge is 2.24. The van der Waals surface area contributed by atoms with E-state index < -0.39 is 0 Å². The highest BCUT2D eigenvalue weighted by Crippen LogP contribution is 2.30. The number of halogens is 2. The van der Waals surface area contributed by atoms with Crippen LogP contribution >= 0.6 is 35.8 Å². The molecule has 1 amide bonds. The minimum atomic E-state index is -0.170. The molecule has 0 aliphatic carbocycles. The molecule has 2 aliphatic heterocycles. The molecule has 3 heterocycles. The summed E-state index contributed by atoms with van der Waals surface area (Å²) in [4.78, 5) is 19.3. The Bertz CT molecular complexity index is 856. The van der Waals surface area contributed by atoms with Crippen molar-refractivity contribution >= 4 is 64.5 Å². The maximum Gasteiger partial charge on any atom is 0.264 e. The topological polar surface area (TPSA) is 57.8 Å². The third-order valence-electron chi connectivity index (χ3n) is 4.01. The number of nitrogens with one attached hydrogen (secondary N) is 1. The van der Waals surface area contributed by atoms with Gasteiger partial charge < -0.3 is 14.6 Å². The van der Waals surface area contributed by atoms with Crippen LogP contribution in [0.1, 0.15) is 18.6 Å². The number of amidine groups is 1. The van der Waals surface area contributed by atoms with Crippen molar-refractivity contribution in [2.24, 2.45) is 4.99 Å². The van der Waals surface area contributed by atoms with E-state index in [9.17, 15) is 4.79 Å². The molecule has 136 valence electrons. The van der Waals surface area contributed by atoms with Crippen molar-refractivity contribution in [3.63, 3.8) is 0 Å². The second kappa shape index (κ2) is 8.20. The van der Waals surface area contributed by atoms with Gasteiger partial charge in [-0.15, -0.1) is 12.4 Å². The van der Waals surface area contributed by atoms with Crippen molar-refractivity contribution in [2.45, 2.75) is 12.8 Å². The predicted octanol–water partition coefficient (Wildman–Crippen LogP) is 4.85. The predicted molar refractivity (Wildman–Crippen MR) is 110 cm³/mol. The summed E-state index contributed by atoms with van der Waals surface area (Å²) < 4.78 is 5.85. The number of anilines is 1. The normalized spacial score (nSPS) is 19.9. The Morgan fingerprint density at radius 2 is 1.88 bits per heavy atom. The van der Waals surface area contributed by atoms with Crippen LogP contribution in [0.5, 0.6) is 0 Å². The molecule has 1 aromatic heterocycles. The van der Waals surface area contributed by atoms with Gasteiger partial charge in [0.15, 0.2) is 11.1 Å². The minimum absolute atomic E-state index is 0. The summed E-state index contributed by atoms with van der Waals surface area (Å²) in [6.07, 6.45) is 4.14. The Morgan fingerprint density at radius 1 is 1.15 bits per heavy atom. The Kier molecular flexibility index (Phi) is 5.96. The third-order valence-corrected chi connectivity index (χ3v) is 5.17. The standard InChI is InChI=1S/C18H16ClN3O2S.ClH/c19-12-3-5-13(6-4-12)20-18-21-17(23)15(25-18)11-14-7-8-16(24-14)22-9-1-2-10-22;/h3-8,11H,1-2,9-10H2,(H,20,21,23);1H. The molecule has 2 aromatic rings. The molecule has 26 heavy (non-hydrogen) atoms. The van der Waals surface area contributed by atoms with Crippen LogP contribution in [0.3, 0.4) is 0 Å². The number of aliphatic imine (C=N–C) groups is 1. The maximum absolute atomic E-state index is 12.1. The van der Waals surface area contributed by atoms with E-state index in [-0.39, 0.29) is 18.3 Å². The molecule has 5 nitrogen and oxygen atoms in total. The molecular formula is C18H17Cl2N3O2S. The molecule has 0 unspecified atom stereocenters. The monoisotopic (exact) mass is 409 g/mol. The number of nitrogens with zero attached hydrogens (tertiary/aromatic N) is 2. The number of rotatable bonds is 3. The van der Waals surface area contributed by atoms with Crippen LogP contribution in [-0.2, 0) is 4.79 Å². The van der Waals surface area contributed by atoms with Crippen molar-refractivity contribution in [2.75, 3.05) is 18.0 Å². The first-order valence-electron chi connectivity index (χ1n) is 8.07. The van der Waals surface area contributed by atoms with Gasteiger partial charge in [0, 0.05) is 30.3 Å². The number of thioether (sulfide) groups is 1. The largest absolute Gasteiger partial charge is 0.441 e. The smallest absolute Gasteiger partial charge is 0.264 e. The molecule has 2 saturated heterocycles. The van der Waals surface area contributed by atoms with Gasteiger partial charge in [0.25, 0.3) is 5.91 Å². The van der Waals surface area contributed by atoms with Crippen molar-refractivity contribution in [1.82, 2.24) is 5.32 Å². The van der Waals surface area contributed by atoms with Crippen molar-refractivity contribution in [3.05, 3.63) is 52.1 Å². The number of hydrogen-bond acceptors (Lipinski definition) is 5. The fourth-order valence-corrected chi connectivity index (χ4v) is 3.72. The number of amides is 1. The molecule has 1 aromatic carbocycles. The quantitative estimate of drug-likeness (QED) is 0.736. The van der Waals surface area contributed by atoms with E-state index in [4.69, 9.17) is 16.0 Å². The van der Waals surface area contributed by atoms with E-state index in [0.29, 0.717) is 20.9 Å². The molecule has 1 N–H and O–H groups in total. The van der Waals surface area contributed by atoms with Crippen LogP contribution in [0.25, 0.3) is 6.08 Å². The fourth-order valence-electron chi connectivity index (χ4n) is 2.77. The molecule has 0 atom stereocenters. The van der Waals surface area contributed by atoms with Gasteiger partial charge in [0.2, 0.25) is 0 Å². The van der Waals surface area contributed by atoms with Crippen molar-refractivity contribution in [3.8, 4) is 0 Å². The number of benzene rings is 1. The van der Waals surface area contributed by atoms with Crippen molar-refractivity contribution in [1.29, 1.82) is 0 Å². The van der Waals surface area contributed by atoms with Crippen LogP contribution in [0.2, 0.25) is 5.02 Å². The highest BCUT2D eigenvalue weighted by atomic mass is 35.5. The van der Waals surface area contributed by atoms with Gasteiger partial charge >= 0.3 is 0 Å². The molecule has 0 radical (unpaired) electrons. The third kappa shape index (κ3) is 4.26. The SMILES string of the molecule is Cl.O=C1NC(=Nc2ccc(Cl)cc2)SC1=Cc1ccc(N2CCCC2)o1. The van der Waals surface area contributed by atoms with Gasteiger partial charge in [-0.2, -0.15) is 0 Å². The number of carbonyl (C=O) groups excluding carboxylic acids is 1. The molecular weight excluding hydrogens is 393 g/mol. The van der Waals surface area contributed by atoms with Gasteiger partial charge in [-0.3, -0.25) is 4.79 Å². The van der Waals surface area contributed by atoms with E-state index in [1.165, 1.54) is 24.6 Å². The number of carbonyl (C=O) groups is 1. The fraction of sp³-hybridized carbons (Fsp3) is 0.222.